The number of nitrogens with zero attached hydrogens (tertiary/aromatic N) is 2. The van der Waals surface area contributed by atoms with Crippen LogP contribution in [0.2, 0.25) is 0 Å². The largest absolute Gasteiger partial charge is 0.497 e. The number of halogens is 1. The molecule has 0 aliphatic heterocycles. The third-order valence-corrected chi connectivity index (χ3v) is 5.04. The molecule has 1 unspecified atom stereocenters. The molecule has 1 aromatic heterocycles. The topological polar surface area (TPSA) is 48.9 Å². The highest BCUT2D eigenvalue weighted by atomic mass is 127. The van der Waals surface area contributed by atoms with Crippen LogP contribution in [-0.4, -0.2) is 45.7 Å². The molecule has 1 heterocycles. The molecule has 2 aromatic rings. The number of guanidine groups is 1. The number of aliphatic imine (C=N–C) groups is 1. The minimum Gasteiger partial charge on any atom is -0.497 e. The van der Waals surface area contributed by atoms with Crippen molar-refractivity contribution in [3.63, 3.8) is 0 Å². The summed E-state index contributed by atoms with van der Waals surface area (Å²) in [7, 11) is 7.65. The third kappa shape index (κ3) is 6.77. The van der Waals surface area contributed by atoms with Crippen molar-refractivity contribution >= 4 is 41.3 Å². The summed E-state index contributed by atoms with van der Waals surface area (Å²) in [6.07, 6.45) is 0. The van der Waals surface area contributed by atoms with Crippen molar-refractivity contribution in [3.8, 4) is 5.75 Å². The van der Waals surface area contributed by atoms with Gasteiger partial charge in [0, 0.05) is 23.3 Å². The van der Waals surface area contributed by atoms with Gasteiger partial charge in [0.1, 0.15) is 5.75 Å². The van der Waals surface area contributed by atoms with Crippen molar-refractivity contribution in [2.45, 2.75) is 19.5 Å². The molecular formula is C19H29IN4OS. The van der Waals surface area contributed by atoms with Gasteiger partial charge in [0.05, 0.1) is 19.7 Å². The van der Waals surface area contributed by atoms with Gasteiger partial charge in [-0.15, -0.1) is 35.3 Å². The summed E-state index contributed by atoms with van der Waals surface area (Å²) in [6.45, 7) is 3.67. The van der Waals surface area contributed by atoms with E-state index in [1.807, 2.05) is 12.1 Å². The van der Waals surface area contributed by atoms with Gasteiger partial charge in [0.2, 0.25) is 0 Å². The molecule has 2 rings (SSSR count). The molecule has 1 atom stereocenters. The molecule has 5 nitrogen and oxygen atoms in total. The lowest BCUT2D eigenvalue weighted by atomic mass is 10.1. The van der Waals surface area contributed by atoms with Crippen LogP contribution in [-0.2, 0) is 6.54 Å². The lowest BCUT2D eigenvalue weighted by Crippen LogP contribution is -2.41. The van der Waals surface area contributed by atoms with Gasteiger partial charge in [-0.3, -0.25) is 4.99 Å². The van der Waals surface area contributed by atoms with Crippen molar-refractivity contribution < 1.29 is 4.74 Å². The number of thiophene rings is 1. The Bertz CT molecular complexity index is 685. The minimum atomic E-state index is 0. The maximum atomic E-state index is 5.24. The number of nitrogens with one attached hydrogen (secondary N) is 2. The zero-order valence-electron chi connectivity index (χ0n) is 16.1. The molecule has 0 saturated heterocycles. The van der Waals surface area contributed by atoms with Gasteiger partial charge in [0.25, 0.3) is 0 Å². The highest BCUT2D eigenvalue weighted by Gasteiger charge is 2.15. The Hall–Kier alpha value is -1.32. The van der Waals surface area contributed by atoms with Crippen molar-refractivity contribution in [2.75, 3.05) is 34.8 Å². The summed E-state index contributed by atoms with van der Waals surface area (Å²) in [5.74, 6) is 1.68. The molecule has 0 radical (unpaired) electrons. The van der Waals surface area contributed by atoms with Crippen LogP contribution in [0.4, 0.5) is 0 Å². The Morgan fingerprint density at radius 3 is 2.35 bits per heavy atom. The van der Waals surface area contributed by atoms with E-state index in [0.29, 0.717) is 0 Å². The van der Waals surface area contributed by atoms with Crippen LogP contribution in [0.3, 0.4) is 0 Å². The van der Waals surface area contributed by atoms with Crippen LogP contribution in [0, 0.1) is 6.92 Å². The summed E-state index contributed by atoms with van der Waals surface area (Å²) in [6, 6.07) is 12.7. The monoisotopic (exact) mass is 488 g/mol. The van der Waals surface area contributed by atoms with Gasteiger partial charge in [-0.1, -0.05) is 12.1 Å². The highest BCUT2D eigenvalue weighted by Crippen LogP contribution is 2.20. The Labute approximate surface area is 177 Å². The Morgan fingerprint density at radius 1 is 1.15 bits per heavy atom. The molecule has 0 aliphatic rings. The number of benzene rings is 1. The molecule has 0 fully saturated rings. The third-order valence-electron chi connectivity index (χ3n) is 4.04. The Kier molecular flexibility index (Phi) is 9.97. The van der Waals surface area contributed by atoms with E-state index >= 15 is 0 Å². The number of methoxy groups -OCH3 is 1. The summed E-state index contributed by atoms with van der Waals surface area (Å²) >= 11 is 1.80. The summed E-state index contributed by atoms with van der Waals surface area (Å²) < 4.78 is 5.24. The van der Waals surface area contributed by atoms with Gasteiger partial charge < -0.3 is 20.3 Å². The van der Waals surface area contributed by atoms with Crippen LogP contribution in [0.15, 0.2) is 41.4 Å². The average Bonchev–Trinajstić information content (AvgIpc) is 3.03. The first-order chi connectivity index (χ1) is 12.0. The van der Waals surface area contributed by atoms with E-state index in [9.17, 15) is 0 Å². The van der Waals surface area contributed by atoms with E-state index in [4.69, 9.17) is 4.74 Å². The van der Waals surface area contributed by atoms with Crippen LogP contribution in [0.25, 0.3) is 0 Å². The first-order valence-electron chi connectivity index (χ1n) is 8.33. The van der Waals surface area contributed by atoms with Gasteiger partial charge in [-0.05, 0) is 50.8 Å². The van der Waals surface area contributed by atoms with E-state index in [-0.39, 0.29) is 30.0 Å². The van der Waals surface area contributed by atoms with Crippen molar-refractivity contribution in [1.29, 1.82) is 0 Å². The van der Waals surface area contributed by atoms with E-state index in [1.54, 1.807) is 25.5 Å². The van der Waals surface area contributed by atoms with Gasteiger partial charge in [-0.2, -0.15) is 0 Å². The predicted molar refractivity (Wildman–Crippen MR) is 122 cm³/mol. The van der Waals surface area contributed by atoms with Crippen LogP contribution in [0.1, 0.15) is 21.4 Å². The van der Waals surface area contributed by atoms with Gasteiger partial charge in [0.15, 0.2) is 5.96 Å². The summed E-state index contributed by atoms with van der Waals surface area (Å²) in [4.78, 5) is 9.15. The highest BCUT2D eigenvalue weighted by molar-refractivity contribution is 14.0. The van der Waals surface area contributed by atoms with E-state index in [2.05, 4.69) is 65.8 Å². The maximum Gasteiger partial charge on any atom is 0.191 e. The predicted octanol–water partition coefficient (Wildman–Crippen LogP) is 3.65. The van der Waals surface area contributed by atoms with E-state index in [1.165, 1.54) is 15.3 Å². The Balaban J connectivity index is 0.00000338. The molecule has 1 aromatic carbocycles. The van der Waals surface area contributed by atoms with Crippen LogP contribution in [0.5, 0.6) is 5.75 Å². The molecular weight excluding hydrogens is 459 g/mol. The number of likely N-dealkylation sites (N-methyl/N-ethyl adjacent to an activating group) is 1. The van der Waals surface area contributed by atoms with E-state index in [0.717, 1.165) is 24.8 Å². The molecule has 0 amide bonds. The second-order valence-corrected chi connectivity index (χ2v) is 7.44. The number of rotatable bonds is 7. The van der Waals surface area contributed by atoms with Gasteiger partial charge in [-0.25, -0.2) is 0 Å². The van der Waals surface area contributed by atoms with Crippen molar-refractivity contribution in [2.24, 2.45) is 4.99 Å². The second kappa shape index (κ2) is 11.4. The normalized spacial score (nSPS) is 12.5. The lowest BCUT2D eigenvalue weighted by Gasteiger charge is -2.26. The number of hydrogen-bond donors (Lipinski definition) is 2. The minimum absolute atomic E-state index is 0. The van der Waals surface area contributed by atoms with Gasteiger partial charge >= 0.3 is 0 Å². The quantitative estimate of drug-likeness (QED) is 0.355. The number of hydrogen-bond acceptors (Lipinski definition) is 4. The Morgan fingerprint density at radius 2 is 1.85 bits per heavy atom. The zero-order valence-corrected chi connectivity index (χ0v) is 19.2. The zero-order chi connectivity index (χ0) is 18.2. The molecule has 0 saturated carbocycles. The molecule has 0 aliphatic carbocycles. The molecule has 7 heteroatoms. The van der Waals surface area contributed by atoms with Crippen molar-refractivity contribution in [3.05, 3.63) is 51.7 Å². The first kappa shape index (κ1) is 22.7. The van der Waals surface area contributed by atoms with Crippen molar-refractivity contribution in [1.82, 2.24) is 15.5 Å². The molecule has 0 spiro atoms. The maximum absolute atomic E-state index is 5.24. The fourth-order valence-corrected chi connectivity index (χ4v) is 3.42. The number of ether oxygens (including phenoxy) is 1. The lowest BCUT2D eigenvalue weighted by molar-refractivity contribution is 0.298. The van der Waals surface area contributed by atoms with Crippen LogP contribution < -0.4 is 15.4 Å². The molecule has 144 valence electrons. The molecule has 2 N–H and O–H groups in total. The SMILES string of the molecule is CN=C(NCc1ccc(C)s1)NCC(c1ccc(OC)cc1)N(C)C.I. The smallest absolute Gasteiger partial charge is 0.191 e. The van der Waals surface area contributed by atoms with E-state index < -0.39 is 0 Å². The molecule has 0 bridgehead atoms. The summed E-state index contributed by atoms with van der Waals surface area (Å²) in [5.41, 5.74) is 1.24. The van der Waals surface area contributed by atoms with Crippen LogP contribution >= 0.6 is 35.3 Å². The summed E-state index contributed by atoms with van der Waals surface area (Å²) in [5, 5.41) is 6.80. The second-order valence-electron chi connectivity index (χ2n) is 6.07. The average molecular weight is 488 g/mol. The number of aryl methyl sites for hydroxylation is 1. The fourth-order valence-electron chi connectivity index (χ4n) is 2.59. The molecule has 26 heavy (non-hydrogen) atoms. The fraction of sp³-hybridized carbons (Fsp3) is 0.421. The standard InChI is InChI=1S/C19H28N4OS.HI/c1-14-6-11-17(25-14)12-21-19(20-2)22-13-18(23(3)4)15-7-9-16(24-5)10-8-15;/h6-11,18H,12-13H2,1-5H3,(H2,20,21,22);1H. The first-order valence-corrected chi connectivity index (χ1v) is 9.15.